The maximum Gasteiger partial charge on any atom is 0.255 e. The van der Waals surface area contributed by atoms with Crippen LogP contribution in [0.2, 0.25) is 0 Å². The van der Waals surface area contributed by atoms with E-state index in [1.54, 1.807) is 0 Å². The van der Waals surface area contributed by atoms with Crippen LogP contribution in [0.4, 0.5) is 0 Å². The van der Waals surface area contributed by atoms with Gasteiger partial charge in [-0.2, -0.15) is 0 Å². The van der Waals surface area contributed by atoms with E-state index in [1.807, 2.05) is 0 Å². The Bertz CT molecular complexity index is 1020. The van der Waals surface area contributed by atoms with E-state index in [0.29, 0.717) is 6.54 Å². The number of aryl methyl sites for hydroxylation is 1. The van der Waals surface area contributed by atoms with Crippen LogP contribution in [0, 0.1) is 0 Å². The normalized spacial score (nSPS) is 15.4. The van der Waals surface area contributed by atoms with Crippen molar-refractivity contribution in [3.05, 3.63) is 63.5 Å². The molecule has 0 atom stereocenters. The predicted molar refractivity (Wildman–Crippen MR) is 104 cm³/mol. The van der Waals surface area contributed by atoms with Crippen molar-refractivity contribution in [3.8, 4) is 0 Å². The average molecular weight is 350 g/mol. The molecule has 1 aromatic carbocycles. The first-order valence-corrected chi connectivity index (χ1v) is 9.21. The van der Waals surface area contributed by atoms with E-state index in [0.717, 1.165) is 36.6 Å². The van der Waals surface area contributed by atoms with Gasteiger partial charge < -0.3 is 9.55 Å². The second kappa shape index (κ2) is 6.09. The average Bonchev–Trinajstić information content (AvgIpc) is 2.91. The van der Waals surface area contributed by atoms with Gasteiger partial charge in [-0.05, 0) is 17.5 Å². The van der Waals surface area contributed by atoms with Gasteiger partial charge in [0.1, 0.15) is 5.82 Å². The first-order valence-electron chi connectivity index (χ1n) is 9.21. The number of hydrogen-bond acceptors (Lipinski definition) is 3. The van der Waals surface area contributed by atoms with Gasteiger partial charge in [0.05, 0.1) is 11.3 Å². The standard InChI is InChI=1S/C21H26N4O/c1-21(2,3)20-22-17-9-10-25(13-16(17)19(26)23-20)12-15-11-14-7-5-6-8-18(14)24(15)4/h5-8,11H,9-10,12-13H2,1-4H3,(H,22,23,26). The maximum atomic E-state index is 12.6. The number of nitrogens with zero attached hydrogens (tertiary/aromatic N) is 3. The summed E-state index contributed by atoms with van der Waals surface area (Å²) < 4.78 is 2.25. The lowest BCUT2D eigenvalue weighted by Gasteiger charge is -2.29. The molecule has 0 saturated heterocycles. The molecule has 0 spiro atoms. The fourth-order valence-electron chi connectivity index (χ4n) is 3.70. The molecule has 26 heavy (non-hydrogen) atoms. The van der Waals surface area contributed by atoms with E-state index in [4.69, 9.17) is 4.98 Å². The lowest BCUT2D eigenvalue weighted by atomic mass is 9.95. The van der Waals surface area contributed by atoms with Crippen molar-refractivity contribution >= 4 is 10.9 Å². The Labute approximate surface area is 153 Å². The van der Waals surface area contributed by atoms with Gasteiger partial charge in [0.25, 0.3) is 5.56 Å². The van der Waals surface area contributed by atoms with Gasteiger partial charge in [-0.15, -0.1) is 0 Å². The number of H-pyrrole nitrogens is 1. The predicted octanol–water partition coefficient (Wildman–Crippen LogP) is 3.12. The Morgan fingerprint density at radius 1 is 1.23 bits per heavy atom. The highest BCUT2D eigenvalue weighted by molar-refractivity contribution is 5.81. The highest BCUT2D eigenvalue weighted by Crippen LogP contribution is 2.23. The lowest BCUT2D eigenvalue weighted by Crippen LogP contribution is -2.37. The quantitative estimate of drug-likeness (QED) is 0.773. The van der Waals surface area contributed by atoms with Gasteiger partial charge in [-0.3, -0.25) is 9.69 Å². The fraction of sp³-hybridized carbons (Fsp3) is 0.429. The van der Waals surface area contributed by atoms with E-state index >= 15 is 0 Å². The molecule has 136 valence electrons. The summed E-state index contributed by atoms with van der Waals surface area (Å²) in [6.07, 6.45) is 0.826. The summed E-state index contributed by atoms with van der Waals surface area (Å²) in [5, 5.41) is 1.26. The summed E-state index contributed by atoms with van der Waals surface area (Å²) in [5.74, 6) is 0.781. The minimum atomic E-state index is -0.144. The number of nitrogens with one attached hydrogen (secondary N) is 1. The van der Waals surface area contributed by atoms with E-state index in [9.17, 15) is 4.79 Å². The Morgan fingerprint density at radius 2 is 2.00 bits per heavy atom. The fourth-order valence-corrected chi connectivity index (χ4v) is 3.70. The van der Waals surface area contributed by atoms with E-state index in [-0.39, 0.29) is 11.0 Å². The highest BCUT2D eigenvalue weighted by atomic mass is 16.1. The lowest BCUT2D eigenvalue weighted by molar-refractivity contribution is 0.236. The van der Waals surface area contributed by atoms with Crippen LogP contribution >= 0.6 is 0 Å². The summed E-state index contributed by atoms with van der Waals surface area (Å²) in [4.78, 5) is 22.7. The van der Waals surface area contributed by atoms with Crippen molar-refractivity contribution in [3.63, 3.8) is 0 Å². The van der Waals surface area contributed by atoms with Crippen molar-refractivity contribution in [2.45, 2.75) is 45.7 Å². The van der Waals surface area contributed by atoms with Crippen LogP contribution in [-0.2, 0) is 32.0 Å². The SMILES string of the molecule is Cn1c(CN2CCc3nc(C(C)(C)C)[nH]c(=O)c3C2)cc2ccccc21. The number of aromatic amines is 1. The third kappa shape index (κ3) is 2.97. The molecule has 0 radical (unpaired) electrons. The number of fused-ring (bicyclic) bond motifs is 2. The monoisotopic (exact) mass is 350 g/mol. The van der Waals surface area contributed by atoms with Gasteiger partial charge in [0, 0.05) is 49.7 Å². The Kier molecular flexibility index (Phi) is 3.99. The number of aromatic nitrogens is 3. The van der Waals surface area contributed by atoms with Crippen LogP contribution in [0.1, 0.15) is 43.5 Å². The van der Waals surface area contributed by atoms with Crippen LogP contribution < -0.4 is 5.56 Å². The zero-order valence-electron chi connectivity index (χ0n) is 16.0. The van der Waals surface area contributed by atoms with E-state index < -0.39 is 0 Å². The molecule has 0 saturated carbocycles. The Morgan fingerprint density at radius 3 is 2.73 bits per heavy atom. The summed E-state index contributed by atoms with van der Waals surface area (Å²) in [6, 6.07) is 10.7. The molecule has 0 aliphatic carbocycles. The molecule has 4 rings (SSSR count). The number of para-hydroxylation sites is 1. The summed E-state index contributed by atoms with van der Waals surface area (Å²) >= 11 is 0. The number of hydrogen-bond donors (Lipinski definition) is 1. The molecule has 0 unspecified atom stereocenters. The van der Waals surface area contributed by atoms with Crippen molar-refractivity contribution in [2.75, 3.05) is 6.54 Å². The summed E-state index contributed by atoms with van der Waals surface area (Å²) in [7, 11) is 2.11. The van der Waals surface area contributed by atoms with Crippen LogP contribution in [0.15, 0.2) is 35.1 Å². The first-order chi connectivity index (χ1) is 12.3. The van der Waals surface area contributed by atoms with Crippen molar-refractivity contribution in [1.29, 1.82) is 0 Å². The van der Waals surface area contributed by atoms with Gasteiger partial charge >= 0.3 is 0 Å². The second-order valence-corrected chi connectivity index (χ2v) is 8.30. The van der Waals surface area contributed by atoms with Gasteiger partial charge in [-0.25, -0.2) is 4.98 Å². The summed E-state index contributed by atoms with van der Waals surface area (Å²) in [5.41, 5.74) is 4.17. The number of benzene rings is 1. The van der Waals surface area contributed by atoms with Crippen molar-refractivity contribution in [2.24, 2.45) is 7.05 Å². The molecule has 1 aliphatic heterocycles. The van der Waals surface area contributed by atoms with E-state index in [1.165, 1.54) is 16.6 Å². The summed E-state index contributed by atoms with van der Waals surface area (Å²) in [6.45, 7) is 8.65. The topological polar surface area (TPSA) is 53.9 Å². The molecule has 1 N–H and O–H groups in total. The number of rotatable bonds is 2. The van der Waals surface area contributed by atoms with Crippen LogP contribution in [0.25, 0.3) is 10.9 Å². The van der Waals surface area contributed by atoms with E-state index in [2.05, 4.69) is 72.6 Å². The van der Waals surface area contributed by atoms with Gasteiger partial charge in [0.2, 0.25) is 0 Å². The zero-order chi connectivity index (χ0) is 18.5. The molecule has 0 amide bonds. The smallest absolute Gasteiger partial charge is 0.255 e. The van der Waals surface area contributed by atoms with Gasteiger partial charge in [0.15, 0.2) is 0 Å². The van der Waals surface area contributed by atoms with Crippen LogP contribution in [0.3, 0.4) is 0 Å². The molecular weight excluding hydrogens is 324 g/mol. The molecule has 3 aromatic rings. The maximum absolute atomic E-state index is 12.6. The largest absolute Gasteiger partial charge is 0.346 e. The highest BCUT2D eigenvalue weighted by Gasteiger charge is 2.25. The first kappa shape index (κ1) is 17.0. The zero-order valence-corrected chi connectivity index (χ0v) is 16.0. The molecule has 0 fully saturated rings. The Hall–Kier alpha value is -2.40. The molecular formula is C21H26N4O. The van der Waals surface area contributed by atoms with Crippen molar-refractivity contribution < 1.29 is 0 Å². The molecule has 0 bridgehead atoms. The molecule has 5 nitrogen and oxygen atoms in total. The molecule has 1 aliphatic rings. The van der Waals surface area contributed by atoms with Crippen LogP contribution in [-0.4, -0.2) is 26.0 Å². The second-order valence-electron chi connectivity index (χ2n) is 8.30. The molecule has 2 aromatic heterocycles. The third-order valence-electron chi connectivity index (χ3n) is 5.29. The van der Waals surface area contributed by atoms with Crippen molar-refractivity contribution in [1.82, 2.24) is 19.4 Å². The molecule has 5 heteroatoms. The van der Waals surface area contributed by atoms with Gasteiger partial charge in [-0.1, -0.05) is 39.0 Å². The minimum Gasteiger partial charge on any atom is -0.346 e. The van der Waals surface area contributed by atoms with Crippen LogP contribution in [0.5, 0.6) is 0 Å². The third-order valence-corrected chi connectivity index (χ3v) is 5.29. The minimum absolute atomic E-state index is 0.0154. The Balaban J connectivity index is 1.60. The molecule has 3 heterocycles.